The number of para-hydroxylation sites is 1. The van der Waals surface area contributed by atoms with Gasteiger partial charge in [0.2, 0.25) is 0 Å². The molecule has 0 aliphatic carbocycles. The summed E-state index contributed by atoms with van der Waals surface area (Å²) in [6.45, 7) is 15.2. The Morgan fingerprint density at radius 1 is 1.04 bits per heavy atom. The van der Waals surface area contributed by atoms with Gasteiger partial charge in [-0.25, -0.2) is 4.98 Å². The maximum atomic E-state index is 4.67. The first-order chi connectivity index (χ1) is 12.7. The van der Waals surface area contributed by atoms with Gasteiger partial charge in [-0.3, -0.25) is 0 Å². The van der Waals surface area contributed by atoms with Crippen LogP contribution in [0.2, 0.25) is 0 Å². The van der Waals surface area contributed by atoms with Crippen molar-refractivity contribution in [2.75, 3.05) is 0 Å². The van der Waals surface area contributed by atoms with E-state index in [-0.39, 0.29) is 0 Å². The normalized spacial score (nSPS) is 12.2. The summed E-state index contributed by atoms with van der Waals surface area (Å²) in [7, 11) is 0. The zero-order valence-corrected chi connectivity index (χ0v) is 15.1. The third-order valence-corrected chi connectivity index (χ3v) is 4.52. The molecule has 0 atom stereocenters. The van der Waals surface area contributed by atoms with Gasteiger partial charge in [0, 0.05) is 4.80 Å². The van der Waals surface area contributed by atoms with Gasteiger partial charge >= 0.3 is 5.82 Å². The molecule has 0 unspecified atom stereocenters. The highest BCUT2D eigenvalue weighted by Crippen LogP contribution is 2.24. The molecule has 5 nitrogen and oxygen atoms in total. The molecule has 6 heteroatoms. The standard InChI is InChI=1S/C20H18N5S/c1-5-11-15(7-3)19-22-24(16(8-4)12-6-2)25(23-19)20-21-17-13-9-10-14-18(17)26-20/h5-14H,1-4H2/q+1/b15-11+,16-12+. The molecule has 0 radical (unpaired) electrons. The maximum absolute atomic E-state index is 4.67. The smallest absolute Gasteiger partial charge is 0.213 e. The molecule has 0 aliphatic heterocycles. The van der Waals surface area contributed by atoms with Crippen LogP contribution in [0.25, 0.3) is 26.6 Å². The van der Waals surface area contributed by atoms with E-state index in [1.165, 1.54) is 11.3 Å². The van der Waals surface area contributed by atoms with E-state index in [1.807, 2.05) is 24.3 Å². The fourth-order valence-corrected chi connectivity index (χ4v) is 3.24. The van der Waals surface area contributed by atoms with Gasteiger partial charge in [0.05, 0.1) is 20.9 Å². The molecule has 0 N–H and O–H groups in total. The number of nitrogens with zero attached hydrogens (tertiary/aromatic N) is 5. The quantitative estimate of drug-likeness (QED) is 0.470. The molecule has 1 aromatic carbocycles. The summed E-state index contributed by atoms with van der Waals surface area (Å²) in [6, 6.07) is 7.94. The number of rotatable bonds is 7. The number of thiazole rings is 1. The fourth-order valence-electron chi connectivity index (χ4n) is 2.33. The molecule has 0 amide bonds. The highest BCUT2D eigenvalue weighted by Gasteiger charge is 2.26. The summed E-state index contributed by atoms with van der Waals surface area (Å²) in [5.74, 6) is 0.510. The van der Waals surface area contributed by atoms with Gasteiger partial charge in [0.15, 0.2) is 5.70 Å². The van der Waals surface area contributed by atoms with Gasteiger partial charge in [0.25, 0.3) is 5.13 Å². The molecule has 0 fully saturated rings. The van der Waals surface area contributed by atoms with Gasteiger partial charge in [-0.1, -0.05) is 68.0 Å². The number of tetrazole rings is 1. The summed E-state index contributed by atoms with van der Waals surface area (Å²) in [6.07, 6.45) is 10.3. The van der Waals surface area contributed by atoms with Crippen LogP contribution in [-0.4, -0.2) is 20.0 Å². The molecule has 128 valence electrons. The third-order valence-electron chi connectivity index (χ3n) is 3.52. The van der Waals surface area contributed by atoms with Crippen LogP contribution in [0.5, 0.6) is 0 Å². The predicted octanol–water partition coefficient (Wildman–Crippen LogP) is 4.13. The molecule has 0 aliphatic rings. The number of fused-ring (bicyclic) bond motifs is 1. The Labute approximate surface area is 155 Å². The Kier molecular flexibility index (Phi) is 5.15. The predicted molar refractivity (Wildman–Crippen MR) is 108 cm³/mol. The van der Waals surface area contributed by atoms with E-state index in [1.54, 1.807) is 46.0 Å². The number of hydrogen-bond acceptors (Lipinski definition) is 4. The van der Waals surface area contributed by atoms with Gasteiger partial charge in [-0.05, 0) is 40.3 Å². The van der Waals surface area contributed by atoms with E-state index in [9.17, 15) is 0 Å². The van der Waals surface area contributed by atoms with Crippen LogP contribution in [0.3, 0.4) is 0 Å². The van der Waals surface area contributed by atoms with E-state index in [0.717, 1.165) is 21.5 Å². The van der Waals surface area contributed by atoms with Crippen LogP contribution >= 0.6 is 11.3 Å². The van der Waals surface area contributed by atoms with Crippen LogP contribution in [0.15, 0.2) is 87.0 Å². The molecule has 0 spiro atoms. The first-order valence-electron chi connectivity index (χ1n) is 7.88. The summed E-state index contributed by atoms with van der Waals surface area (Å²) in [5.41, 5.74) is 2.39. The Morgan fingerprint density at radius 3 is 2.46 bits per heavy atom. The van der Waals surface area contributed by atoms with Crippen molar-refractivity contribution in [2.45, 2.75) is 0 Å². The van der Waals surface area contributed by atoms with Crippen LogP contribution in [0.4, 0.5) is 0 Å². The van der Waals surface area contributed by atoms with Crippen molar-refractivity contribution in [3.8, 4) is 5.13 Å². The molecule has 0 saturated heterocycles. The zero-order chi connectivity index (χ0) is 18.5. The van der Waals surface area contributed by atoms with Crippen molar-refractivity contribution < 1.29 is 4.80 Å². The van der Waals surface area contributed by atoms with Crippen LogP contribution < -0.4 is 4.80 Å². The molecule has 3 rings (SSSR count). The second-order valence-corrected chi connectivity index (χ2v) is 6.17. The Hall–Kier alpha value is -3.38. The molecule has 0 saturated carbocycles. The monoisotopic (exact) mass is 360 g/mol. The van der Waals surface area contributed by atoms with E-state index >= 15 is 0 Å². The number of allylic oxidation sites excluding steroid dienone is 8. The van der Waals surface area contributed by atoms with Crippen molar-refractivity contribution in [2.24, 2.45) is 0 Å². The van der Waals surface area contributed by atoms with E-state index in [0.29, 0.717) is 11.0 Å². The zero-order valence-electron chi connectivity index (χ0n) is 14.2. The van der Waals surface area contributed by atoms with Gasteiger partial charge in [-0.2, -0.15) is 0 Å². The van der Waals surface area contributed by atoms with E-state index in [4.69, 9.17) is 0 Å². The second-order valence-electron chi connectivity index (χ2n) is 5.16. The van der Waals surface area contributed by atoms with E-state index in [2.05, 4.69) is 41.5 Å². The average molecular weight is 360 g/mol. The molecule has 2 aromatic heterocycles. The minimum Gasteiger partial charge on any atom is -0.213 e. The maximum Gasteiger partial charge on any atom is 0.340 e. The average Bonchev–Trinajstić information content (AvgIpc) is 3.28. The molecule has 2 heterocycles. The number of benzene rings is 1. The number of aromatic nitrogens is 5. The van der Waals surface area contributed by atoms with Crippen LogP contribution in [0.1, 0.15) is 5.82 Å². The summed E-state index contributed by atoms with van der Waals surface area (Å²) in [5, 5.41) is 9.92. The molecule has 3 aromatic rings. The van der Waals surface area contributed by atoms with Gasteiger partial charge in [0.1, 0.15) is 0 Å². The Balaban J connectivity index is 2.26. The van der Waals surface area contributed by atoms with Crippen molar-refractivity contribution in [1.82, 2.24) is 20.0 Å². The fraction of sp³-hybridized carbons (Fsp3) is 0. The highest BCUT2D eigenvalue weighted by molar-refractivity contribution is 7.20. The van der Waals surface area contributed by atoms with Crippen molar-refractivity contribution in [3.63, 3.8) is 0 Å². The van der Waals surface area contributed by atoms with Crippen LogP contribution in [-0.2, 0) is 0 Å². The first kappa shape index (κ1) is 17.4. The molecular weight excluding hydrogens is 342 g/mol. The van der Waals surface area contributed by atoms with E-state index < -0.39 is 0 Å². The largest absolute Gasteiger partial charge is 0.340 e. The minimum absolute atomic E-state index is 0.510. The van der Waals surface area contributed by atoms with Gasteiger partial charge in [-0.15, -0.1) is 0 Å². The van der Waals surface area contributed by atoms with Crippen molar-refractivity contribution >= 4 is 32.8 Å². The minimum atomic E-state index is 0.510. The third kappa shape index (κ3) is 3.22. The Bertz CT molecular complexity index is 1030. The highest BCUT2D eigenvalue weighted by atomic mass is 32.1. The second kappa shape index (κ2) is 7.67. The number of hydrogen-bond donors (Lipinski definition) is 0. The Morgan fingerprint density at radius 2 is 1.81 bits per heavy atom. The summed E-state index contributed by atoms with van der Waals surface area (Å²) < 4.78 is 1.07. The summed E-state index contributed by atoms with van der Waals surface area (Å²) >= 11 is 1.53. The lowest BCUT2D eigenvalue weighted by Crippen LogP contribution is -2.43. The lowest BCUT2D eigenvalue weighted by molar-refractivity contribution is -0.720. The first-order valence-corrected chi connectivity index (χ1v) is 8.70. The SMILES string of the molecule is C=C/C=C(\C=C)c1nn(-c2nc3ccccc3s2)[n+](/C(C=C)=C/C=C)n1. The topological polar surface area (TPSA) is 47.5 Å². The molecule has 26 heavy (non-hydrogen) atoms. The van der Waals surface area contributed by atoms with Gasteiger partial charge < -0.3 is 0 Å². The van der Waals surface area contributed by atoms with Crippen LogP contribution in [0, 0.1) is 0 Å². The molecular formula is C20H18N5S+. The van der Waals surface area contributed by atoms with Crippen molar-refractivity contribution in [1.29, 1.82) is 0 Å². The lowest BCUT2D eigenvalue weighted by atomic mass is 10.2. The lowest BCUT2D eigenvalue weighted by Gasteiger charge is -1.95. The summed E-state index contributed by atoms with van der Waals surface area (Å²) in [4.78, 5) is 7.96. The van der Waals surface area contributed by atoms with Crippen molar-refractivity contribution in [3.05, 3.63) is 92.9 Å². The molecule has 0 bridgehead atoms.